The third-order valence-corrected chi connectivity index (χ3v) is 11.8. The SMILES string of the molecule is C=C1C(=CC=C2CCC[C@]3(C)[C@@H]([C@H](C)C=C[C@H](O)C4(c5ccc(CC)s5)CC4)CC[C@@H]23)C[C@@H](O)C[C@@H]1O. The van der Waals surface area contributed by atoms with Gasteiger partial charge in [0.05, 0.1) is 18.3 Å². The maximum atomic E-state index is 11.2. The first-order chi connectivity index (χ1) is 17.7. The number of hydrogen-bond acceptors (Lipinski definition) is 4. The van der Waals surface area contributed by atoms with Gasteiger partial charge in [-0.2, -0.15) is 0 Å². The fourth-order valence-corrected chi connectivity index (χ4v) is 9.09. The van der Waals surface area contributed by atoms with E-state index in [1.54, 1.807) is 0 Å². The van der Waals surface area contributed by atoms with Gasteiger partial charge in [-0.1, -0.05) is 57.2 Å². The Hall–Kier alpha value is -1.46. The number of aliphatic hydroxyl groups excluding tert-OH is 3. The van der Waals surface area contributed by atoms with Gasteiger partial charge in [-0.05, 0) is 104 Å². The molecule has 0 unspecified atom stereocenters. The van der Waals surface area contributed by atoms with Crippen molar-refractivity contribution in [2.75, 3.05) is 0 Å². The highest BCUT2D eigenvalue weighted by Crippen LogP contribution is 2.60. The molecule has 0 spiro atoms. The van der Waals surface area contributed by atoms with Crippen molar-refractivity contribution in [2.24, 2.45) is 23.2 Å². The molecule has 0 bridgehead atoms. The van der Waals surface area contributed by atoms with E-state index >= 15 is 0 Å². The van der Waals surface area contributed by atoms with Crippen molar-refractivity contribution < 1.29 is 15.3 Å². The Morgan fingerprint density at radius 1 is 1.14 bits per heavy atom. The molecule has 3 nitrogen and oxygen atoms in total. The molecule has 0 radical (unpaired) electrons. The molecule has 4 fully saturated rings. The Balaban J connectivity index is 1.28. The van der Waals surface area contributed by atoms with Crippen LogP contribution in [-0.4, -0.2) is 33.6 Å². The molecule has 4 aliphatic carbocycles. The van der Waals surface area contributed by atoms with E-state index in [1.165, 1.54) is 41.0 Å². The fraction of sp³-hybridized carbons (Fsp3) is 0.636. The molecule has 0 aromatic carbocycles. The monoisotopic (exact) mass is 522 g/mol. The Morgan fingerprint density at radius 2 is 1.92 bits per heavy atom. The van der Waals surface area contributed by atoms with Crippen LogP contribution in [0.15, 0.2) is 59.7 Å². The van der Waals surface area contributed by atoms with E-state index < -0.39 is 18.3 Å². The average molecular weight is 523 g/mol. The van der Waals surface area contributed by atoms with Crippen LogP contribution in [0.5, 0.6) is 0 Å². The first kappa shape index (κ1) is 27.1. The smallest absolute Gasteiger partial charge is 0.0825 e. The van der Waals surface area contributed by atoms with E-state index in [1.807, 2.05) is 11.3 Å². The van der Waals surface area contributed by atoms with E-state index in [-0.39, 0.29) is 10.8 Å². The van der Waals surface area contributed by atoms with Crippen molar-refractivity contribution in [3.8, 4) is 0 Å². The summed E-state index contributed by atoms with van der Waals surface area (Å²) in [6, 6.07) is 4.48. The lowest BCUT2D eigenvalue weighted by atomic mass is 9.61. The van der Waals surface area contributed by atoms with Crippen molar-refractivity contribution in [2.45, 2.75) is 109 Å². The molecule has 0 saturated heterocycles. The van der Waals surface area contributed by atoms with E-state index in [9.17, 15) is 15.3 Å². The number of aliphatic hydroxyl groups is 3. The molecule has 4 saturated carbocycles. The Kier molecular flexibility index (Phi) is 7.77. The number of rotatable bonds is 7. The molecule has 1 heterocycles. The predicted octanol–water partition coefficient (Wildman–Crippen LogP) is 7.04. The van der Waals surface area contributed by atoms with Gasteiger partial charge in [0.2, 0.25) is 0 Å². The molecule has 0 amide bonds. The minimum atomic E-state index is -0.632. The highest BCUT2D eigenvalue weighted by Gasteiger charge is 2.52. The van der Waals surface area contributed by atoms with E-state index in [4.69, 9.17) is 0 Å². The molecule has 202 valence electrons. The summed E-state index contributed by atoms with van der Waals surface area (Å²) >= 11 is 1.88. The zero-order valence-electron chi connectivity index (χ0n) is 23.0. The maximum absolute atomic E-state index is 11.2. The molecule has 4 heteroatoms. The summed E-state index contributed by atoms with van der Waals surface area (Å²) in [4.78, 5) is 2.77. The molecule has 3 N–H and O–H groups in total. The number of allylic oxidation sites excluding steroid dienone is 4. The van der Waals surface area contributed by atoms with Crippen LogP contribution in [0, 0.1) is 23.2 Å². The van der Waals surface area contributed by atoms with Gasteiger partial charge in [-0.3, -0.25) is 0 Å². The molecule has 7 atom stereocenters. The van der Waals surface area contributed by atoms with E-state index in [0.29, 0.717) is 30.6 Å². The fourth-order valence-electron chi connectivity index (χ4n) is 7.87. The lowest BCUT2D eigenvalue weighted by Crippen LogP contribution is -2.35. The first-order valence-corrected chi connectivity index (χ1v) is 15.4. The average Bonchev–Trinajstić information content (AvgIpc) is 3.39. The third-order valence-electron chi connectivity index (χ3n) is 10.4. The highest BCUT2D eigenvalue weighted by molar-refractivity contribution is 7.12. The summed E-state index contributed by atoms with van der Waals surface area (Å²) in [6.07, 6.45) is 17.6. The van der Waals surface area contributed by atoms with Gasteiger partial charge in [0.15, 0.2) is 0 Å². The number of thiophene rings is 1. The van der Waals surface area contributed by atoms with Crippen molar-refractivity contribution >= 4 is 11.3 Å². The molecular weight excluding hydrogens is 476 g/mol. The van der Waals surface area contributed by atoms with Crippen molar-refractivity contribution in [1.29, 1.82) is 0 Å². The lowest BCUT2D eigenvalue weighted by molar-refractivity contribution is 0.0862. The molecular formula is C33H46O3S. The normalized spacial score (nSPS) is 37.3. The summed E-state index contributed by atoms with van der Waals surface area (Å²) in [7, 11) is 0. The quantitative estimate of drug-likeness (QED) is 0.337. The number of aryl methyl sites for hydroxylation is 1. The third kappa shape index (κ3) is 5.12. The van der Waals surface area contributed by atoms with Crippen LogP contribution < -0.4 is 0 Å². The van der Waals surface area contributed by atoms with Crippen LogP contribution in [0.4, 0.5) is 0 Å². The van der Waals surface area contributed by atoms with Crippen LogP contribution in [0.3, 0.4) is 0 Å². The van der Waals surface area contributed by atoms with Gasteiger partial charge < -0.3 is 15.3 Å². The molecule has 5 rings (SSSR count). The second kappa shape index (κ2) is 10.6. The van der Waals surface area contributed by atoms with Gasteiger partial charge in [-0.25, -0.2) is 0 Å². The van der Waals surface area contributed by atoms with Crippen LogP contribution in [0.1, 0.15) is 88.3 Å². The summed E-state index contributed by atoms with van der Waals surface area (Å²) in [6.45, 7) is 11.1. The summed E-state index contributed by atoms with van der Waals surface area (Å²) in [5.41, 5.74) is 3.53. The lowest BCUT2D eigenvalue weighted by Gasteiger charge is -2.44. The Morgan fingerprint density at radius 3 is 2.62 bits per heavy atom. The van der Waals surface area contributed by atoms with Crippen LogP contribution in [-0.2, 0) is 11.8 Å². The highest BCUT2D eigenvalue weighted by atomic mass is 32.1. The number of fused-ring (bicyclic) bond motifs is 1. The second-order valence-corrected chi connectivity index (χ2v) is 13.8. The predicted molar refractivity (Wildman–Crippen MR) is 154 cm³/mol. The molecule has 1 aromatic heterocycles. The summed E-state index contributed by atoms with van der Waals surface area (Å²) < 4.78 is 0. The topological polar surface area (TPSA) is 60.7 Å². The summed E-state index contributed by atoms with van der Waals surface area (Å²) in [5, 5.41) is 31.6. The Bertz CT molecular complexity index is 1090. The van der Waals surface area contributed by atoms with Gasteiger partial charge in [0, 0.05) is 21.6 Å². The zero-order chi connectivity index (χ0) is 26.4. The van der Waals surface area contributed by atoms with Crippen molar-refractivity contribution in [1.82, 2.24) is 0 Å². The molecule has 0 aliphatic heterocycles. The second-order valence-electron chi connectivity index (χ2n) is 12.6. The maximum Gasteiger partial charge on any atom is 0.0825 e. The number of hydrogen-bond donors (Lipinski definition) is 3. The van der Waals surface area contributed by atoms with Gasteiger partial charge in [-0.15, -0.1) is 11.3 Å². The first-order valence-electron chi connectivity index (χ1n) is 14.6. The van der Waals surface area contributed by atoms with Gasteiger partial charge in [0.25, 0.3) is 0 Å². The van der Waals surface area contributed by atoms with Gasteiger partial charge >= 0.3 is 0 Å². The summed E-state index contributed by atoms with van der Waals surface area (Å²) in [5.74, 6) is 1.65. The van der Waals surface area contributed by atoms with Crippen molar-refractivity contribution in [3.63, 3.8) is 0 Å². The molecule has 1 aromatic rings. The van der Waals surface area contributed by atoms with Crippen LogP contribution >= 0.6 is 11.3 Å². The van der Waals surface area contributed by atoms with Crippen molar-refractivity contribution in [3.05, 3.63) is 69.5 Å². The van der Waals surface area contributed by atoms with Crippen LogP contribution in [0.25, 0.3) is 0 Å². The van der Waals surface area contributed by atoms with Crippen LogP contribution in [0.2, 0.25) is 0 Å². The molecule has 4 aliphatic rings. The minimum Gasteiger partial charge on any atom is -0.393 e. The zero-order valence-corrected chi connectivity index (χ0v) is 23.8. The Labute approximate surface area is 227 Å². The van der Waals surface area contributed by atoms with E-state index in [0.717, 1.165) is 36.8 Å². The molecule has 37 heavy (non-hydrogen) atoms. The van der Waals surface area contributed by atoms with E-state index in [2.05, 4.69) is 63.8 Å². The largest absolute Gasteiger partial charge is 0.393 e. The standard InChI is InChI=1S/C33H46O3S/c1-5-26-11-15-31(37-26)33(17-18-33)30(36)14-8-21(2)27-12-13-28-23(7-6-16-32(27,28)4)9-10-24-19-25(34)20-29(35)22(24)3/h8-11,14-15,21,25,27-30,34-36H,3,5-7,12-13,16-20H2,1-2,4H3/t21-,25-,27-,28+,29+,30+,32-/m1/s1. The van der Waals surface area contributed by atoms with Gasteiger partial charge in [0.1, 0.15) is 0 Å². The minimum absolute atomic E-state index is 0.0467.